The van der Waals surface area contributed by atoms with Crippen molar-refractivity contribution in [2.75, 3.05) is 4.90 Å². The van der Waals surface area contributed by atoms with Gasteiger partial charge in [-0.15, -0.1) is 0 Å². The van der Waals surface area contributed by atoms with Gasteiger partial charge in [0.15, 0.2) is 0 Å². The fourth-order valence-electron chi connectivity index (χ4n) is 7.01. The SMILES string of the molecule is C=C/C=C\C(=C/C)c1ccc(N(c2ccc(Br)cc2)c2cccc3c2-c2ccccc2C3(c2ccccc2)c2ccccc2)cc1. The van der Waals surface area contributed by atoms with Crippen molar-refractivity contribution < 1.29 is 0 Å². The van der Waals surface area contributed by atoms with E-state index in [-0.39, 0.29) is 0 Å². The maximum absolute atomic E-state index is 3.84. The van der Waals surface area contributed by atoms with Crippen LogP contribution in [0.4, 0.5) is 17.1 Å². The molecule has 0 bridgehead atoms. The van der Waals surface area contributed by atoms with E-state index in [0.29, 0.717) is 0 Å². The molecule has 0 saturated carbocycles. The number of nitrogens with zero attached hydrogens (tertiary/aromatic N) is 1. The molecule has 0 heterocycles. The molecule has 0 saturated heterocycles. The minimum atomic E-state index is -0.460. The number of halogens is 1. The molecule has 0 unspecified atom stereocenters. The predicted octanol–water partition coefficient (Wildman–Crippen LogP) is 12.4. The molecule has 0 spiro atoms. The lowest BCUT2D eigenvalue weighted by Crippen LogP contribution is -2.28. The molecule has 1 aliphatic rings. The summed E-state index contributed by atoms with van der Waals surface area (Å²) in [7, 11) is 0. The molecular weight excluding hydrogens is 622 g/mol. The average molecular weight is 657 g/mol. The van der Waals surface area contributed by atoms with Crippen molar-refractivity contribution in [1.29, 1.82) is 0 Å². The molecule has 222 valence electrons. The molecule has 0 amide bonds. The minimum Gasteiger partial charge on any atom is -0.310 e. The normalized spacial score (nSPS) is 13.3. The van der Waals surface area contributed by atoms with E-state index in [1.807, 2.05) is 12.2 Å². The molecule has 1 aliphatic carbocycles. The van der Waals surface area contributed by atoms with Crippen LogP contribution in [0.3, 0.4) is 0 Å². The maximum atomic E-state index is 3.84. The molecule has 0 aliphatic heterocycles. The third kappa shape index (κ3) is 4.96. The summed E-state index contributed by atoms with van der Waals surface area (Å²) >= 11 is 3.66. The van der Waals surface area contributed by atoms with Gasteiger partial charge in [-0.2, -0.15) is 0 Å². The molecule has 6 aromatic carbocycles. The van der Waals surface area contributed by atoms with Crippen molar-refractivity contribution in [3.63, 3.8) is 0 Å². The summed E-state index contributed by atoms with van der Waals surface area (Å²) < 4.78 is 1.05. The number of hydrogen-bond donors (Lipinski definition) is 0. The lowest BCUT2D eigenvalue weighted by atomic mass is 9.68. The Labute approximate surface area is 280 Å². The van der Waals surface area contributed by atoms with Crippen LogP contribution in [0.5, 0.6) is 0 Å². The van der Waals surface area contributed by atoms with Crippen molar-refractivity contribution in [2.45, 2.75) is 12.3 Å². The average Bonchev–Trinajstić information content (AvgIpc) is 3.43. The predicted molar refractivity (Wildman–Crippen MR) is 199 cm³/mol. The zero-order valence-corrected chi connectivity index (χ0v) is 27.4. The van der Waals surface area contributed by atoms with Gasteiger partial charge in [0.2, 0.25) is 0 Å². The Morgan fingerprint density at radius 2 is 1.20 bits per heavy atom. The highest BCUT2D eigenvalue weighted by Crippen LogP contribution is 2.59. The first-order chi connectivity index (χ1) is 22.7. The third-order valence-corrected chi connectivity index (χ3v) is 9.50. The van der Waals surface area contributed by atoms with E-state index in [0.717, 1.165) is 32.7 Å². The molecular formula is C44H34BrN. The topological polar surface area (TPSA) is 3.24 Å². The number of anilines is 3. The molecule has 0 N–H and O–H groups in total. The Kier molecular flexibility index (Phi) is 8.13. The van der Waals surface area contributed by atoms with Gasteiger partial charge in [-0.05, 0) is 88.3 Å². The standard InChI is InChI=1S/C44H34BrN/c1-3-5-15-32(4-2)33-24-28-37(29-25-33)46(38-30-26-36(45)27-31-38)42-23-14-22-41-43(42)39-20-12-13-21-40(39)44(41,34-16-8-6-9-17-34)35-18-10-7-11-19-35/h3-31H,1H2,2H3/b15-5-,32-4+. The molecule has 0 radical (unpaired) electrons. The van der Waals surface area contributed by atoms with Gasteiger partial charge in [0.05, 0.1) is 11.1 Å². The fourth-order valence-corrected chi connectivity index (χ4v) is 7.28. The van der Waals surface area contributed by atoms with Gasteiger partial charge >= 0.3 is 0 Å². The molecule has 0 aromatic heterocycles. The smallest absolute Gasteiger partial charge is 0.0714 e. The van der Waals surface area contributed by atoms with Crippen LogP contribution in [0.2, 0.25) is 0 Å². The van der Waals surface area contributed by atoms with Crippen molar-refractivity contribution in [1.82, 2.24) is 0 Å². The van der Waals surface area contributed by atoms with E-state index in [1.54, 1.807) is 0 Å². The Hall–Kier alpha value is -5.18. The van der Waals surface area contributed by atoms with E-state index in [1.165, 1.54) is 33.4 Å². The van der Waals surface area contributed by atoms with Gasteiger partial charge in [0, 0.05) is 21.4 Å². The van der Waals surface area contributed by atoms with E-state index >= 15 is 0 Å². The first-order valence-corrected chi connectivity index (χ1v) is 16.4. The Bertz CT molecular complexity index is 2010. The highest BCUT2D eigenvalue weighted by Gasteiger charge is 2.47. The van der Waals surface area contributed by atoms with Crippen molar-refractivity contribution >= 4 is 38.6 Å². The van der Waals surface area contributed by atoms with Crippen LogP contribution < -0.4 is 4.90 Å². The largest absolute Gasteiger partial charge is 0.310 e. The van der Waals surface area contributed by atoms with Crippen molar-refractivity contribution in [2.24, 2.45) is 0 Å². The van der Waals surface area contributed by atoms with Crippen LogP contribution in [0.1, 0.15) is 34.7 Å². The van der Waals surface area contributed by atoms with Crippen LogP contribution >= 0.6 is 15.9 Å². The Morgan fingerprint density at radius 3 is 1.80 bits per heavy atom. The Morgan fingerprint density at radius 1 is 0.630 bits per heavy atom. The quantitative estimate of drug-likeness (QED) is 0.147. The third-order valence-electron chi connectivity index (χ3n) is 8.97. The highest BCUT2D eigenvalue weighted by molar-refractivity contribution is 9.10. The van der Waals surface area contributed by atoms with Crippen molar-refractivity contribution in [3.8, 4) is 11.1 Å². The van der Waals surface area contributed by atoms with E-state index in [2.05, 4.69) is 198 Å². The van der Waals surface area contributed by atoms with Gasteiger partial charge in [0.1, 0.15) is 0 Å². The summed E-state index contributed by atoms with van der Waals surface area (Å²) in [6.07, 6.45) is 8.03. The summed E-state index contributed by atoms with van der Waals surface area (Å²) in [6, 6.07) is 55.2. The van der Waals surface area contributed by atoms with E-state index in [4.69, 9.17) is 0 Å². The number of hydrogen-bond acceptors (Lipinski definition) is 1. The zero-order valence-electron chi connectivity index (χ0n) is 25.8. The first-order valence-electron chi connectivity index (χ1n) is 15.6. The van der Waals surface area contributed by atoms with Crippen LogP contribution in [-0.2, 0) is 5.41 Å². The van der Waals surface area contributed by atoms with Gasteiger partial charge < -0.3 is 4.90 Å². The molecule has 2 heteroatoms. The monoisotopic (exact) mass is 655 g/mol. The van der Waals surface area contributed by atoms with Crippen LogP contribution in [0.15, 0.2) is 187 Å². The number of fused-ring (bicyclic) bond motifs is 3. The van der Waals surface area contributed by atoms with Gasteiger partial charge in [0.25, 0.3) is 0 Å². The second-order valence-electron chi connectivity index (χ2n) is 11.4. The number of rotatable bonds is 8. The minimum absolute atomic E-state index is 0.460. The van der Waals surface area contributed by atoms with Crippen molar-refractivity contribution in [3.05, 3.63) is 215 Å². The second kappa shape index (κ2) is 12.7. The maximum Gasteiger partial charge on any atom is 0.0714 e. The summed E-state index contributed by atoms with van der Waals surface area (Å²) in [5, 5.41) is 0. The summed E-state index contributed by atoms with van der Waals surface area (Å²) in [5.41, 5.74) is 12.8. The second-order valence-corrected chi connectivity index (χ2v) is 12.3. The van der Waals surface area contributed by atoms with Crippen LogP contribution in [0.25, 0.3) is 16.7 Å². The van der Waals surface area contributed by atoms with E-state index in [9.17, 15) is 0 Å². The van der Waals surface area contributed by atoms with Crippen LogP contribution in [0, 0.1) is 0 Å². The summed E-state index contributed by atoms with van der Waals surface area (Å²) in [4.78, 5) is 2.40. The van der Waals surface area contributed by atoms with Gasteiger partial charge in [-0.3, -0.25) is 0 Å². The highest BCUT2D eigenvalue weighted by atomic mass is 79.9. The molecule has 46 heavy (non-hydrogen) atoms. The summed E-state index contributed by atoms with van der Waals surface area (Å²) in [5.74, 6) is 0. The molecule has 6 aromatic rings. The molecule has 0 atom stereocenters. The van der Waals surface area contributed by atoms with Gasteiger partial charge in [-0.1, -0.05) is 156 Å². The number of allylic oxidation sites excluding steroid dienone is 5. The summed E-state index contributed by atoms with van der Waals surface area (Å²) in [6.45, 7) is 5.91. The Balaban J connectivity index is 1.51. The first kappa shape index (κ1) is 29.5. The van der Waals surface area contributed by atoms with Gasteiger partial charge in [-0.25, -0.2) is 0 Å². The zero-order chi connectivity index (χ0) is 31.5. The molecule has 0 fully saturated rings. The van der Waals surface area contributed by atoms with E-state index < -0.39 is 5.41 Å². The lowest BCUT2D eigenvalue weighted by Gasteiger charge is -2.34. The lowest BCUT2D eigenvalue weighted by molar-refractivity contribution is 0.768. The fraction of sp³-hybridized carbons (Fsp3) is 0.0455. The van der Waals surface area contributed by atoms with Crippen LogP contribution in [-0.4, -0.2) is 0 Å². The molecule has 7 rings (SSSR count). The number of benzene rings is 6. The molecule has 1 nitrogen and oxygen atoms in total.